The predicted octanol–water partition coefficient (Wildman–Crippen LogP) is 11.7. The van der Waals surface area contributed by atoms with E-state index in [-0.39, 0.29) is 5.91 Å². The molecule has 0 aromatic heterocycles. The van der Waals surface area contributed by atoms with Gasteiger partial charge in [-0.05, 0) is 19.8 Å². The summed E-state index contributed by atoms with van der Waals surface area (Å²) in [5, 5.41) is 2.65. The van der Waals surface area contributed by atoms with Crippen molar-refractivity contribution in [3.05, 3.63) is 0 Å². The zero-order chi connectivity index (χ0) is 33.3. The normalized spacial score (nSPS) is 13.3. The summed E-state index contributed by atoms with van der Waals surface area (Å²) >= 11 is 0. The largest absolute Gasteiger partial charge is 0.471 e. The van der Waals surface area contributed by atoms with Crippen LogP contribution in [-0.2, 0) is 18.6 Å². The van der Waals surface area contributed by atoms with Gasteiger partial charge in [0.2, 0.25) is 5.91 Å². The van der Waals surface area contributed by atoms with Crippen molar-refractivity contribution in [3.8, 4) is 0 Å². The molecule has 0 fully saturated rings. The van der Waals surface area contributed by atoms with Crippen molar-refractivity contribution in [1.82, 2.24) is 5.32 Å². The lowest BCUT2D eigenvalue weighted by Gasteiger charge is -2.25. The highest BCUT2D eigenvalue weighted by atomic mass is 31.2. The van der Waals surface area contributed by atoms with Crippen LogP contribution in [0.3, 0.4) is 0 Å². The molecule has 2 atom stereocenters. The molecule has 0 saturated heterocycles. The third kappa shape index (κ3) is 34.7. The van der Waals surface area contributed by atoms with Crippen molar-refractivity contribution >= 4 is 13.7 Å². The topological polar surface area (TPSA) is 105 Å². The van der Waals surface area contributed by atoms with Crippen LogP contribution < -0.4 is 5.32 Å². The van der Waals surface area contributed by atoms with Gasteiger partial charge < -0.3 is 19.8 Å². The Balaban J connectivity index is 3.84. The Morgan fingerprint density at radius 3 is 1.20 bits per heavy atom. The molecule has 0 spiro atoms. The number of amides is 1. The molecular weight excluding hydrogens is 585 g/mol. The minimum Gasteiger partial charge on any atom is -0.374 e. The van der Waals surface area contributed by atoms with E-state index >= 15 is 0 Å². The second-order valence-electron chi connectivity index (χ2n) is 13.5. The molecule has 270 valence electrons. The number of carbonyl (C=O) groups excluding carboxylic acids is 1. The molecule has 2 unspecified atom stereocenters. The Labute approximate surface area is 279 Å². The van der Waals surface area contributed by atoms with E-state index < -0.39 is 20.2 Å². The summed E-state index contributed by atoms with van der Waals surface area (Å²) in [5.74, 6) is -0.255. The highest BCUT2D eigenvalue weighted by Gasteiger charge is 2.28. The molecule has 45 heavy (non-hydrogen) atoms. The van der Waals surface area contributed by atoms with Gasteiger partial charge in [0.05, 0.1) is 6.10 Å². The predicted molar refractivity (Wildman–Crippen MR) is 190 cm³/mol. The van der Waals surface area contributed by atoms with E-state index in [1.54, 1.807) is 6.92 Å². The lowest BCUT2D eigenvalue weighted by atomic mass is 10.0. The van der Waals surface area contributed by atoms with E-state index in [4.69, 9.17) is 9.26 Å². The first kappa shape index (κ1) is 44.5. The minimum absolute atomic E-state index is 0.255. The summed E-state index contributed by atoms with van der Waals surface area (Å²) in [5.41, 5.74) is 0. The third-order valence-corrected chi connectivity index (χ3v) is 9.37. The van der Waals surface area contributed by atoms with Crippen LogP contribution >= 0.6 is 7.82 Å². The number of phosphoric acid groups is 1. The average Bonchev–Trinajstić information content (AvgIpc) is 3.00. The van der Waals surface area contributed by atoms with Gasteiger partial charge in [-0.1, -0.05) is 187 Å². The first-order valence-electron chi connectivity index (χ1n) is 19.4. The summed E-state index contributed by atoms with van der Waals surface area (Å²) in [6.07, 6.45) is 35.4. The van der Waals surface area contributed by atoms with Gasteiger partial charge in [0.15, 0.2) is 6.23 Å². The molecule has 0 aromatic carbocycles. The Kier molecular flexibility index (Phi) is 33.1. The fraction of sp³-hybridized carbons (Fsp3) is 0.973. The SMILES string of the molecule is CCCCCCCCCCCCCCCCCC(=O)NC(OP(=O)(O)O)C(C)OCCCCCCCCCCCCCCCC. The van der Waals surface area contributed by atoms with E-state index in [9.17, 15) is 19.1 Å². The number of hydrogen-bond acceptors (Lipinski definition) is 4. The zero-order valence-corrected chi connectivity index (χ0v) is 30.9. The lowest BCUT2D eigenvalue weighted by molar-refractivity contribution is -0.127. The maximum absolute atomic E-state index is 12.5. The highest BCUT2D eigenvalue weighted by molar-refractivity contribution is 7.46. The zero-order valence-electron chi connectivity index (χ0n) is 30.0. The maximum atomic E-state index is 12.5. The number of unbranched alkanes of at least 4 members (excludes halogenated alkanes) is 27. The van der Waals surface area contributed by atoms with Crippen molar-refractivity contribution in [3.63, 3.8) is 0 Å². The molecule has 3 N–H and O–H groups in total. The van der Waals surface area contributed by atoms with E-state index in [1.165, 1.54) is 154 Å². The van der Waals surface area contributed by atoms with Crippen LogP contribution in [-0.4, -0.2) is 34.6 Å². The van der Waals surface area contributed by atoms with E-state index in [0.717, 1.165) is 32.1 Å². The molecule has 0 rings (SSSR count). The van der Waals surface area contributed by atoms with Crippen molar-refractivity contribution in [2.24, 2.45) is 0 Å². The molecule has 8 heteroatoms. The second-order valence-corrected chi connectivity index (χ2v) is 14.6. The molecule has 0 aliphatic carbocycles. The number of rotatable bonds is 36. The van der Waals surface area contributed by atoms with Crippen molar-refractivity contribution in [2.45, 2.75) is 226 Å². The molecule has 0 bridgehead atoms. The Morgan fingerprint density at radius 1 is 0.556 bits per heavy atom. The Hall–Kier alpha value is -0.460. The lowest BCUT2D eigenvalue weighted by Crippen LogP contribution is -2.44. The molecule has 0 heterocycles. The van der Waals surface area contributed by atoms with Crippen molar-refractivity contribution < 1.29 is 28.4 Å². The average molecular weight is 662 g/mol. The molecule has 1 amide bonds. The van der Waals surface area contributed by atoms with Crippen LogP contribution in [0, 0.1) is 0 Å². The van der Waals surface area contributed by atoms with Gasteiger partial charge >= 0.3 is 7.82 Å². The molecule has 0 aliphatic rings. The van der Waals surface area contributed by atoms with Crippen LogP contribution in [0.2, 0.25) is 0 Å². The monoisotopic (exact) mass is 662 g/mol. The quantitative estimate of drug-likeness (QED) is 0.0350. The molecule has 0 saturated carbocycles. The first-order chi connectivity index (χ1) is 21.8. The van der Waals surface area contributed by atoms with Gasteiger partial charge in [-0.2, -0.15) is 0 Å². The Morgan fingerprint density at radius 2 is 0.867 bits per heavy atom. The first-order valence-corrected chi connectivity index (χ1v) is 21.0. The van der Waals surface area contributed by atoms with Crippen LogP contribution in [0.25, 0.3) is 0 Å². The Bertz CT molecular complexity index is 673. The van der Waals surface area contributed by atoms with E-state index in [2.05, 4.69) is 19.2 Å². The number of hydrogen-bond donors (Lipinski definition) is 3. The van der Waals surface area contributed by atoms with Crippen LogP contribution in [0.5, 0.6) is 0 Å². The van der Waals surface area contributed by atoms with E-state index in [0.29, 0.717) is 13.0 Å². The van der Waals surface area contributed by atoms with Crippen LogP contribution in [0.15, 0.2) is 0 Å². The van der Waals surface area contributed by atoms with Gasteiger partial charge in [-0.3, -0.25) is 9.32 Å². The minimum atomic E-state index is -4.76. The maximum Gasteiger partial charge on any atom is 0.471 e. The smallest absolute Gasteiger partial charge is 0.374 e. The summed E-state index contributed by atoms with van der Waals surface area (Å²) < 4.78 is 22.2. The van der Waals surface area contributed by atoms with Gasteiger partial charge in [-0.25, -0.2) is 4.57 Å². The fourth-order valence-corrected chi connectivity index (χ4v) is 6.44. The second kappa shape index (κ2) is 33.4. The van der Waals surface area contributed by atoms with Crippen LogP contribution in [0.1, 0.15) is 213 Å². The van der Waals surface area contributed by atoms with Gasteiger partial charge in [0.25, 0.3) is 0 Å². The summed E-state index contributed by atoms with van der Waals surface area (Å²) in [7, 11) is -4.76. The fourth-order valence-electron chi connectivity index (χ4n) is 5.92. The summed E-state index contributed by atoms with van der Waals surface area (Å²) in [6.45, 7) is 6.70. The highest BCUT2D eigenvalue weighted by Crippen LogP contribution is 2.38. The van der Waals surface area contributed by atoms with Gasteiger partial charge in [0.1, 0.15) is 0 Å². The van der Waals surface area contributed by atoms with Crippen LogP contribution in [0.4, 0.5) is 0 Å². The number of ether oxygens (including phenoxy) is 1. The van der Waals surface area contributed by atoms with Crippen molar-refractivity contribution in [1.29, 1.82) is 0 Å². The molecule has 0 aliphatic heterocycles. The molecular formula is C37H76NO6P. The summed E-state index contributed by atoms with van der Waals surface area (Å²) in [4.78, 5) is 31.2. The number of phosphoric ester groups is 1. The molecule has 0 radical (unpaired) electrons. The third-order valence-electron chi connectivity index (χ3n) is 8.87. The summed E-state index contributed by atoms with van der Waals surface area (Å²) in [6, 6.07) is 0. The molecule has 0 aromatic rings. The number of nitrogens with one attached hydrogen (secondary N) is 1. The van der Waals surface area contributed by atoms with E-state index in [1.807, 2.05) is 0 Å². The van der Waals surface area contributed by atoms with Crippen molar-refractivity contribution in [2.75, 3.05) is 6.61 Å². The van der Waals surface area contributed by atoms with Gasteiger partial charge in [-0.15, -0.1) is 0 Å². The van der Waals surface area contributed by atoms with Gasteiger partial charge in [0, 0.05) is 13.0 Å². The number of carbonyl (C=O) groups is 1. The standard InChI is InChI=1S/C37H76NO6P/c1-4-6-8-10-12-14-16-18-20-21-23-25-27-29-31-33-36(39)38-37(44-45(40,41)42)35(3)43-34-32-30-28-26-24-22-19-17-15-13-11-9-7-5-2/h35,37H,4-34H2,1-3H3,(H,38,39)(H2,40,41,42). The molecule has 7 nitrogen and oxygen atoms in total.